The maximum Gasteiger partial charge on any atom is 0.164 e. The molecule has 0 radical (unpaired) electrons. The number of allylic oxidation sites excluding steroid dienone is 1. The molecule has 0 aliphatic heterocycles. The summed E-state index contributed by atoms with van der Waals surface area (Å²) in [5, 5.41) is 4.47. The van der Waals surface area contributed by atoms with Crippen molar-refractivity contribution in [1.82, 2.24) is 15.0 Å². The Morgan fingerprint density at radius 2 is 1.31 bits per heavy atom. The molecule has 8 aromatic rings. The summed E-state index contributed by atoms with van der Waals surface area (Å²) in [5.74, 6) is 1.97. The molecule has 0 saturated carbocycles. The summed E-state index contributed by atoms with van der Waals surface area (Å²) >= 11 is 1.80. The molecule has 1 aliphatic rings. The number of rotatable bonds is 3. The van der Waals surface area contributed by atoms with Crippen molar-refractivity contribution in [2.24, 2.45) is 0 Å². The fourth-order valence-electron chi connectivity index (χ4n) is 6.23. The van der Waals surface area contributed by atoms with Crippen LogP contribution in [0.15, 0.2) is 114 Å². The van der Waals surface area contributed by atoms with Gasteiger partial charge >= 0.3 is 0 Å². The minimum Gasteiger partial charge on any atom is -0.456 e. The van der Waals surface area contributed by atoms with Gasteiger partial charge in [0.05, 0.1) is 0 Å². The Morgan fingerprint density at radius 1 is 0.595 bits per heavy atom. The highest BCUT2D eigenvalue weighted by atomic mass is 32.1. The molecule has 0 saturated heterocycles. The van der Waals surface area contributed by atoms with E-state index in [0.717, 1.165) is 51.5 Å². The van der Waals surface area contributed by atoms with E-state index in [1.165, 1.54) is 31.3 Å². The van der Waals surface area contributed by atoms with Crippen molar-refractivity contribution in [2.75, 3.05) is 0 Å². The summed E-state index contributed by atoms with van der Waals surface area (Å²) < 4.78 is 8.70. The Morgan fingerprint density at radius 3 is 2.21 bits per heavy atom. The predicted molar refractivity (Wildman–Crippen MR) is 174 cm³/mol. The summed E-state index contributed by atoms with van der Waals surface area (Å²) in [7, 11) is 0. The zero-order chi connectivity index (χ0) is 27.6. The van der Waals surface area contributed by atoms with Crippen molar-refractivity contribution < 1.29 is 4.42 Å². The Labute approximate surface area is 245 Å². The fraction of sp³-hybridized carbons (Fsp3) is 0.0541. The highest BCUT2D eigenvalue weighted by Crippen LogP contribution is 2.41. The van der Waals surface area contributed by atoms with Crippen LogP contribution in [0.25, 0.3) is 82.4 Å². The third-order valence-corrected chi connectivity index (χ3v) is 9.34. The van der Waals surface area contributed by atoms with Crippen LogP contribution in [-0.2, 0) is 6.42 Å². The maximum atomic E-state index is 6.22. The molecule has 42 heavy (non-hydrogen) atoms. The van der Waals surface area contributed by atoms with Crippen molar-refractivity contribution >= 4 is 59.5 Å². The summed E-state index contributed by atoms with van der Waals surface area (Å²) in [5.41, 5.74) is 7.19. The van der Waals surface area contributed by atoms with Crippen molar-refractivity contribution in [3.63, 3.8) is 0 Å². The molecule has 0 bridgehead atoms. The van der Waals surface area contributed by atoms with E-state index in [9.17, 15) is 0 Å². The molecule has 4 nitrogen and oxygen atoms in total. The van der Waals surface area contributed by atoms with Crippen LogP contribution in [0.2, 0.25) is 0 Å². The highest BCUT2D eigenvalue weighted by molar-refractivity contribution is 7.25. The van der Waals surface area contributed by atoms with Crippen LogP contribution in [0.1, 0.15) is 17.5 Å². The lowest BCUT2D eigenvalue weighted by atomic mass is 9.95. The lowest BCUT2D eigenvalue weighted by Gasteiger charge is -2.13. The molecule has 5 aromatic carbocycles. The van der Waals surface area contributed by atoms with Crippen LogP contribution in [0, 0.1) is 0 Å². The van der Waals surface area contributed by atoms with Crippen LogP contribution >= 0.6 is 11.3 Å². The first kappa shape index (κ1) is 23.6. The van der Waals surface area contributed by atoms with E-state index in [-0.39, 0.29) is 0 Å². The van der Waals surface area contributed by atoms with Gasteiger partial charge in [-0.1, -0.05) is 84.9 Å². The second kappa shape index (κ2) is 9.20. The van der Waals surface area contributed by atoms with E-state index in [1.54, 1.807) is 11.3 Å². The number of fused-ring (bicyclic) bond motifs is 7. The monoisotopic (exact) mass is 557 g/mol. The molecule has 0 N–H and O–H groups in total. The average Bonchev–Trinajstić information content (AvgIpc) is 3.63. The van der Waals surface area contributed by atoms with Gasteiger partial charge in [-0.05, 0) is 54.3 Å². The molecule has 0 atom stereocenters. The van der Waals surface area contributed by atoms with Crippen LogP contribution in [0.4, 0.5) is 0 Å². The van der Waals surface area contributed by atoms with Crippen molar-refractivity contribution in [2.45, 2.75) is 12.8 Å². The topological polar surface area (TPSA) is 51.8 Å². The van der Waals surface area contributed by atoms with Crippen LogP contribution in [0.3, 0.4) is 0 Å². The van der Waals surface area contributed by atoms with Gasteiger partial charge in [-0.2, -0.15) is 0 Å². The molecule has 0 amide bonds. The minimum atomic E-state index is 0.636. The number of benzene rings is 5. The Balaban J connectivity index is 1.35. The second-order valence-electron chi connectivity index (χ2n) is 10.7. The molecule has 3 heterocycles. The van der Waals surface area contributed by atoms with Gasteiger partial charge in [0.15, 0.2) is 17.5 Å². The van der Waals surface area contributed by atoms with Gasteiger partial charge in [0.25, 0.3) is 0 Å². The predicted octanol–water partition coefficient (Wildman–Crippen LogP) is 10.1. The molecule has 0 unspecified atom stereocenters. The van der Waals surface area contributed by atoms with Crippen LogP contribution in [0.5, 0.6) is 0 Å². The van der Waals surface area contributed by atoms with Crippen molar-refractivity contribution in [1.29, 1.82) is 0 Å². The van der Waals surface area contributed by atoms with Gasteiger partial charge in [0, 0.05) is 47.6 Å². The quantitative estimate of drug-likeness (QED) is 0.217. The molecule has 0 fully saturated rings. The van der Waals surface area contributed by atoms with Crippen molar-refractivity contribution in [3.05, 3.63) is 120 Å². The van der Waals surface area contributed by atoms with E-state index in [0.29, 0.717) is 17.5 Å². The summed E-state index contributed by atoms with van der Waals surface area (Å²) in [6, 6.07) is 35.8. The largest absolute Gasteiger partial charge is 0.456 e. The second-order valence-corrected chi connectivity index (χ2v) is 11.8. The molecule has 0 spiro atoms. The first-order valence-corrected chi connectivity index (χ1v) is 15.0. The van der Waals surface area contributed by atoms with E-state index >= 15 is 0 Å². The number of para-hydroxylation sites is 1. The molecule has 9 rings (SSSR count). The Bertz CT molecular complexity index is 2250. The van der Waals surface area contributed by atoms with Gasteiger partial charge in [0.2, 0.25) is 0 Å². The van der Waals surface area contributed by atoms with Gasteiger partial charge in [0.1, 0.15) is 11.2 Å². The van der Waals surface area contributed by atoms with E-state index < -0.39 is 0 Å². The lowest BCUT2D eigenvalue weighted by Crippen LogP contribution is -2.02. The summed E-state index contributed by atoms with van der Waals surface area (Å²) in [6.45, 7) is 0. The van der Waals surface area contributed by atoms with E-state index in [4.69, 9.17) is 19.4 Å². The number of furan rings is 1. The minimum absolute atomic E-state index is 0.636. The molecule has 1 aliphatic carbocycles. The summed E-state index contributed by atoms with van der Waals surface area (Å²) in [6.07, 6.45) is 6.58. The number of nitrogens with zero attached hydrogens (tertiary/aromatic N) is 3. The Hall–Kier alpha value is -5.13. The molecular weight excluding hydrogens is 534 g/mol. The number of aromatic nitrogens is 3. The summed E-state index contributed by atoms with van der Waals surface area (Å²) in [4.78, 5) is 15.5. The standard InChI is InChI=1S/C37H23N3OS/c1-2-10-23-21-24(20-19-22(23)9-1)35-38-36(27-13-7-16-30-33(27)25-11-3-5-15-29(25)41-30)40-37(39-35)28-14-8-18-32-34(28)26-12-4-6-17-31(26)42-32/h2-8,10-21H,1,9H2. The van der Waals surface area contributed by atoms with E-state index in [1.807, 2.05) is 30.3 Å². The number of aryl methyl sites for hydroxylation is 1. The molecular formula is C37H23N3OS. The number of hydrogen-bond donors (Lipinski definition) is 0. The first-order chi connectivity index (χ1) is 20.8. The highest BCUT2D eigenvalue weighted by Gasteiger charge is 2.20. The normalized spacial score (nSPS) is 13.0. The van der Waals surface area contributed by atoms with E-state index in [2.05, 4.69) is 84.9 Å². The lowest BCUT2D eigenvalue weighted by molar-refractivity contribution is 0.669. The first-order valence-electron chi connectivity index (χ1n) is 14.2. The van der Waals surface area contributed by atoms with Crippen LogP contribution in [-0.4, -0.2) is 15.0 Å². The molecule has 3 aromatic heterocycles. The van der Waals surface area contributed by atoms with Gasteiger partial charge in [-0.25, -0.2) is 15.0 Å². The molecule has 198 valence electrons. The zero-order valence-corrected chi connectivity index (χ0v) is 23.4. The van der Waals surface area contributed by atoms with Crippen LogP contribution < -0.4 is 0 Å². The zero-order valence-electron chi connectivity index (χ0n) is 22.5. The van der Waals surface area contributed by atoms with Gasteiger partial charge in [-0.15, -0.1) is 11.3 Å². The smallest absolute Gasteiger partial charge is 0.164 e. The third-order valence-electron chi connectivity index (χ3n) is 8.20. The molecule has 5 heteroatoms. The average molecular weight is 558 g/mol. The van der Waals surface area contributed by atoms with Crippen molar-refractivity contribution in [3.8, 4) is 34.2 Å². The maximum absolute atomic E-state index is 6.22. The van der Waals surface area contributed by atoms with Gasteiger partial charge < -0.3 is 4.42 Å². The fourth-order valence-corrected chi connectivity index (χ4v) is 7.37. The SMILES string of the molecule is C1=Cc2cc(-c3nc(-c4cccc5oc6ccccc6c45)nc(-c4cccc5sc6ccccc6c45)n3)ccc2CC1. The number of hydrogen-bond acceptors (Lipinski definition) is 5. The van der Waals surface area contributed by atoms with Gasteiger partial charge in [-0.3, -0.25) is 0 Å². The Kier molecular flexibility index (Phi) is 5.16. The number of thiophene rings is 1. The third kappa shape index (κ3) is 3.64.